The molecule has 5 rings (SSSR count). The molecule has 0 aromatic carbocycles. The number of aromatic nitrogens is 2. The van der Waals surface area contributed by atoms with E-state index in [2.05, 4.69) is 26.9 Å². The van der Waals surface area contributed by atoms with Gasteiger partial charge in [-0.2, -0.15) is 0 Å². The van der Waals surface area contributed by atoms with Crippen LogP contribution in [-0.4, -0.2) is 46.4 Å². The van der Waals surface area contributed by atoms with Crippen molar-refractivity contribution in [2.45, 2.75) is 64.3 Å². The predicted molar refractivity (Wildman–Crippen MR) is 122 cm³/mol. The quantitative estimate of drug-likeness (QED) is 0.635. The zero-order chi connectivity index (χ0) is 22.8. The maximum Gasteiger partial charge on any atom is 0.258 e. The van der Waals surface area contributed by atoms with Gasteiger partial charge < -0.3 is 10.2 Å². The van der Waals surface area contributed by atoms with E-state index in [1.54, 1.807) is 0 Å². The van der Waals surface area contributed by atoms with Gasteiger partial charge in [0.15, 0.2) is 10.9 Å². The average molecular weight is 476 g/mol. The van der Waals surface area contributed by atoms with E-state index >= 15 is 0 Å². The first-order chi connectivity index (χ1) is 15.1. The van der Waals surface area contributed by atoms with Gasteiger partial charge in [-0.15, -0.1) is 0 Å². The van der Waals surface area contributed by atoms with E-state index in [0.717, 1.165) is 23.3 Å². The zero-order valence-electron chi connectivity index (χ0n) is 18.1. The number of nitrogens with one attached hydrogen (secondary N) is 2. The second-order valence-electron chi connectivity index (χ2n) is 8.86. The van der Waals surface area contributed by atoms with Crippen molar-refractivity contribution in [1.82, 2.24) is 14.9 Å². The molecule has 32 heavy (non-hydrogen) atoms. The fourth-order valence-electron chi connectivity index (χ4n) is 4.15. The van der Waals surface area contributed by atoms with Crippen molar-refractivity contribution in [2.24, 2.45) is 5.92 Å². The molecule has 170 valence electrons. The molecule has 2 saturated carbocycles. The number of nitrogens with zero attached hydrogens (tertiary/aromatic N) is 3. The Hall–Kier alpha value is -2.53. The third kappa shape index (κ3) is 3.88. The van der Waals surface area contributed by atoms with Crippen LogP contribution in [0.15, 0.2) is 6.07 Å². The van der Waals surface area contributed by atoms with Gasteiger partial charge in [-0.1, -0.05) is 11.3 Å². The van der Waals surface area contributed by atoms with Crippen LogP contribution in [0.3, 0.4) is 0 Å². The van der Waals surface area contributed by atoms with Crippen LogP contribution in [0, 0.1) is 12.8 Å². The number of thiazole rings is 1. The Balaban J connectivity index is 1.58. The molecular weight excluding hydrogens is 450 g/mol. The number of fused-ring (bicyclic) bond motifs is 1. The van der Waals surface area contributed by atoms with Gasteiger partial charge in [0.1, 0.15) is 0 Å². The van der Waals surface area contributed by atoms with Gasteiger partial charge >= 0.3 is 0 Å². The summed E-state index contributed by atoms with van der Waals surface area (Å²) in [5.74, 6) is 0.192. The second kappa shape index (κ2) is 7.51. The minimum Gasteiger partial charge on any atom is -0.331 e. The van der Waals surface area contributed by atoms with Gasteiger partial charge in [-0.05, 0) is 57.1 Å². The Bertz CT molecular complexity index is 1230. The number of hydrogen-bond acceptors (Lipinski definition) is 7. The maximum atomic E-state index is 13.3. The molecule has 0 unspecified atom stereocenters. The molecule has 1 aliphatic heterocycles. The van der Waals surface area contributed by atoms with E-state index in [4.69, 9.17) is 0 Å². The highest BCUT2D eigenvalue weighted by molar-refractivity contribution is 7.93. The van der Waals surface area contributed by atoms with Crippen LogP contribution in [0.1, 0.15) is 61.1 Å². The number of anilines is 2. The molecule has 0 bridgehead atoms. The highest BCUT2D eigenvalue weighted by Gasteiger charge is 2.42. The minimum absolute atomic E-state index is 0.0915. The van der Waals surface area contributed by atoms with Gasteiger partial charge in [-0.3, -0.25) is 14.3 Å². The smallest absolute Gasteiger partial charge is 0.258 e. The van der Waals surface area contributed by atoms with Crippen molar-refractivity contribution >= 4 is 44.1 Å². The molecule has 11 heteroatoms. The van der Waals surface area contributed by atoms with Crippen molar-refractivity contribution in [3.05, 3.63) is 22.9 Å². The van der Waals surface area contributed by atoms with Crippen molar-refractivity contribution in [2.75, 3.05) is 10.0 Å². The molecule has 0 saturated heterocycles. The summed E-state index contributed by atoms with van der Waals surface area (Å²) in [6.45, 7) is 5.70. The normalized spacial score (nSPS) is 19.1. The lowest BCUT2D eigenvalue weighted by Gasteiger charge is -2.24. The number of pyridine rings is 1. The van der Waals surface area contributed by atoms with Gasteiger partial charge in [0.2, 0.25) is 15.9 Å². The number of hydrogen-bond donors (Lipinski definition) is 2. The second-order valence-corrected chi connectivity index (χ2v) is 11.8. The van der Waals surface area contributed by atoms with Crippen LogP contribution in [-0.2, 0) is 21.4 Å². The molecule has 2 fully saturated rings. The van der Waals surface area contributed by atoms with Crippen LogP contribution >= 0.6 is 11.3 Å². The summed E-state index contributed by atoms with van der Waals surface area (Å²) in [7, 11) is -3.60. The highest BCUT2D eigenvalue weighted by Crippen LogP contribution is 2.42. The molecule has 9 nitrogen and oxygen atoms in total. The molecular formula is C21H25N5O4S2. The fraction of sp³-hybridized carbons (Fsp3) is 0.524. The van der Waals surface area contributed by atoms with Crippen LogP contribution in [0.2, 0.25) is 0 Å². The van der Waals surface area contributed by atoms with Crippen molar-refractivity contribution in [1.29, 1.82) is 0 Å². The first kappa shape index (κ1) is 21.3. The van der Waals surface area contributed by atoms with E-state index in [1.165, 1.54) is 18.3 Å². The summed E-state index contributed by atoms with van der Waals surface area (Å²) in [6, 6.07) is 1.95. The summed E-state index contributed by atoms with van der Waals surface area (Å²) in [5, 5.41) is 2.70. The van der Waals surface area contributed by atoms with Gasteiger partial charge in [-0.25, -0.2) is 18.4 Å². The minimum atomic E-state index is -3.60. The standard InChI is InChI=1S/C21H25N5O4S2/c1-10-18(31-21(22-10)23-12(3)27)16-8-14-9-26(11(2)13-4-5-13)20(28)17(14)19(24-16)25-32(29,30)15-6-7-15/h8,11,13,15H,4-7,9H2,1-3H3,(H,24,25)(H,22,23,27)/t11-/m1/s1. The number of sulfonamides is 1. The Morgan fingerprint density at radius 1 is 1.25 bits per heavy atom. The van der Waals surface area contributed by atoms with E-state index in [0.29, 0.717) is 47.4 Å². The molecule has 3 aliphatic rings. The maximum absolute atomic E-state index is 13.3. The largest absolute Gasteiger partial charge is 0.331 e. The highest BCUT2D eigenvalue weighted by atomic mass is 32.2. The van der Waals surface area contributed by atoms with E-state index in [9.17, 15) is 18.0 Å². The van der Waals surface area contributed by atoms with Gasteiger partial charge in [0, 0.05) is 19.5 Å². The van der Waals surface area contributed by atoms with E-state index < -0.39 is 15.3 Å². The van der Waals surface area contributed by atoms with Crippen LogP contribution in [0.4, 0.5) is 10.9 Å². The number of carbonyl (C=O) groups excluding carboxylic acids is 2. The third-order valence-corrected chi connectivity index (χ3v) is 9.15. The Kier molecular flexibility index (Phi) is 5.01. The molecule has 2 aromatic rings. The molecule has 2 N–H and O–H groups in total. The Morgan fingerprint density at radius 2 is 1.97 bits per heavy atom. The van der Waals surface area contributed by atoms with Crippen LogP contribution in [0.5, 0.6) is 0 Å². The lowest BCUT2D eigenvalue weighted by atomic mass is 10.1. The average Bonchev–Trinajstić information content (AvgIpc) is 3.61. The van der Waals surface area contributed by atoms with Crippen molar-refractivity contribution in [3.8, 4) is 10.6 Å². The predicted octanol–water partition coefficient (Wildman–Crippen LogP) is 3.13. The van der Waals surface area contributed by atoms with Crippen molar-refractivity contribution in [3.63, 3.8) is 0 Å². The summed E-state index contributed by atoms with van der Waals surface area (Å²) in [5.41, 5.74) is 2.32. The van der Waals surface area contributed by atoms with Crippen molar-refractivity contribution < 1.29 is 18.0 Å². The molecule has 2 amide bonds. The lowest BCUT2D eigenvalue weighted by molar-refractivity contribution is -0.114. The number of amides is 2. The Labute approximate surface area is 190 Å². The van der Waals surface area contributed by atoms with E-state index in [-0.39, 0.29) is 23.7 Å². The summed E-state index contributed by atoms with van der Waals surface area (Å²) in [4.78, 5) is 36.2. The molecule has 0 radical (unpaired) electrons. The zero-order valence-corrected chi connectivity index (χ0v) is 19.8. The van der Waals surface area contributed by atoms with E-state index in [1.807, 2.05) is 17.9 Å². The van der Waals surface area contributed by atoms with Gasteiger partial charge in [0.25, 0.3) is 5.91 Å². The van der Waals surface area contributed by atoms with Crippen LogP contribution < -0.4 is 10.0 Å². The fourth-order valence-corrected chi connectivity index (χ4v) is 6.46. The lowest BCUT2D eigenvalue weighted by Crippen LogP contribution is -2.35. The third-order valence-electron chi connectivity index (χ3n) is 6.23. The number of rotatable bonds is 7. The molecule has 0 spiro atoms. The molecule has 2 aliphatic carbocycles. The summed E-state index contributed by atoms with van der Waals surface area (Å²) in [6.07, 6.45) is 3.45. The monoisotopic (exact) mass is 475 g/mol. The summed E-state index contributed by atoms with van der Waals surface area (Å²) < 4.78 is 28.0. The number of aryl methyl sites for hydroxylation is 1. The first-order valence-electron chi connectivity index (χ1n) is 10.8. The number of carbonyl (C=O) groups is 2. The molecule has 1 atom stereocenters. The molecule has 3 heterocycles. The first-order valence-corrected chi connectivity index (χ1v) is 13.1. The van der Waals surface area contributed by atoms with Crippen LogP contribution in [0.25, 0.3) is 10.6 Å². The molecule has 2 aromatic heterocycles. The summed E-state index contributed by atoms with van der Waals surface area (Å²) >= 11 is 1.27. The Morgan fingerprint density at radius 3 is 2.59 bits per heavy atom. The van der Waals surface area contributed by atoms with Gasteiger partial charge in [0.05, 0.1) is 27.1 Å². The topological polar surface area (TPSA) is 121 Å². The SMILES string of the molecule is CC(=O)Nc1nc(C)c(-c2cc3c(c(NS(=O)(=O)C4CC4)n2)C(=O)N([C@H](C)C2CC2)C3)s1.